The van der Waals surface area contributed by atoms with Crippen molar-refractivity contribution >= 4 is 0 Å². The Morgan fingerprint density at radius 2 is 1.29 bits per heavy atom. The number of para-hydroxylation sites is 1. The van der Waals surface area contributed by atoms with Crippen LogP contribution in [0.5, 0.6) is 5.75 Å². The molecule has 0 aromatic heterocycles. The predicted molar refractivity (Wildman–Crippen MR) is 75.6 cm³/mol. The zero-order valence-corrected chi connectivity index (χ0v) is 10.1. The lowest BCUT2D eigenvalue weighted by molar-refractivity contribution is 0.411. The standard InChI is InChI=1S/C8H10O.C7H8.CH4/c1-7-5-3-4-6-8(7)9-2;1-7-5-3-2-4-6-7;/h3-6H,1-2H3;2-6H,1H3;1H4. The molecule has 2 rings (SSSR count). The lowest BCUT2D eigenvalue weighted by atomic mass is 10.2. The van der Waals surface area contributed by atoms with E-state index in [1.165, 1.54) is 11.1 Å². The Hall–Kier alpha value is -1.76. The minimum atomic E-state index is 0. The normalized spacial score (nSPS) is 8.41. The molecular weight excluding hydrogens is 208 g/mol. The van der Waals surface area contributed by atoms with E-state index in [9.17, 15) is 0 Å². The van der Waals surface area contributed by atoms with Gasteiger partial charge in [-0.2, -0.15) is 0 Å². The van der Waals surface area contributed by atoms with Gasteiger partial charge in [0.15, 0.2) is 0 Å². The molecule has 0 atom stereocenters. The van der Waals surface area contributed by atoms with Crippen molar-refractivity contribution in [3.63, 3.8) is 0 Å². The van der Waals surface area contributed by atoms with Crippen molar-refractivity contribution in [2.45, 2.75) is 21.3 Å². The van der Waals surface area contributed by atoms with Crippen LogP contribution < -0.4 is 4.74 Å². The van der Waals surface area contributed by atoms with Gasteiger partial charge in [0.1, 0.15) is 5.75 Å². The van der Waals surface area contributed by atoms with Gasteiger partial charge in [-0.3, -0.25) is 0 Å². The second-order valence-corrected chi connectivity index (χ2v) is 3.62. The number of ether oxygens (including phenoxy) is 1. The molecule has 0 aliphatic heterocycles. The van der Waals surface area contributed by atoms with Crippen molar-refractivity contribution in [2.24, 2.45) is 0 Å². The van der Waals surface area contributed by atoms with E-state index in [4.69, 9.17) is 4.74 Å². The van der Waals surface area contributed by atoms with Gasteiger partial charge in [0.05, 0.1) is 7.11 Å². The Labute approximate surface area is 105 Å². The fourth-order valence-corrected chi connectivity index (χ4v) is 1.32. The highest BCUT2D eigenvalue weighted by Gasteiger charge is 1.90. The molecule has 0 N–H and O–H groups in total. The number of methoxy groups -OCH3 is 1. The first kappa shape index (κ1) is 15.2. The zero-order chi connectivity index (χ0) is 11.8. The summed E-state index contributed by atoms with van der Waals surface area (Å²) in [6, 6.07) is 18.2. The van der Waals surface area contributed by atoms with Crippen LogP contribution in [0.1, 0.15) is 18.6 Å². The van der Waals surface area contributed by atoms with Crippen LogP contribution in [-0.2, 0) is 0 Å². The molecule has 0 unspecified atom stereocenters. The summed E-state index contributed by atoms with van der Waals surface area (Å²) in [5, 5.41) is 0. The van der Waals surface area contributed by atoms with Gasteiger partial charge < -0.3 is 4.74 Å². The van der Waals surface area contributed by atoms with Crippen LogP contribution in [-0.4, -0.2) is 7.11 Å². The summed E-state index contributed by atoms with van der Waals surface area (Å²) in [7, 11) is 1.68. The Morgan fingerprint density at radius 1 is 0.765 bits per heavy atom. The molecule has 0 amide bonds. The molecule has 2 aromatic rings. The van der Waals surface area contributed by atoms with Gasteiger partial charge >= 0.3 is 0 Å². The first-order chi connectivity index (χ1) is 7.74. The van der Waals surface area contributed by atoms with Gasteiger partial charge in [-0.05, 0) is 25.5 Å². The highest BCUT2D eigenvalue weighted by molar-refractivity contribution is 5.31. The molecule has 0 radical (unpaired) electrons. The quantitative estimate of drug-likeness (QED) is 0.693. The third-order valence-electron chi connectivity index (χ3n) is 2.25. The summed E-state index contributed by atoms with van der Waals surface area (Å²) < 4.78 is 5.04. The zero-order valence-electron chi connectivity index (χ0n) is 10.1. The summed E-state index contributed by atoms with van der Waals surface area (Å²) in [5.41, 5.74) is 2.50. The summed E-state index contributed by atoms with van der Waals surface area (Å²) in [6.07, 6.45) is 0. The monoisotopic (exact) mass is 230 g/mol. The largest absolute Gasteiger partial charge is 0.496 e. The minimum Gasteiger partial charge on any atom is -0.496 e. The van der Waals surface area contributed by atoms with Crippen molar-refractivity contribution in [1.29, 1.82) is 0 Å². The number of benzene rings is 2. The molecule has 0 fully saturated rings. The molecule has 0 saturated carbocycles. The molecule has 0 aliphatic carbocycles. The Balaban J connectivity index is 0.000000292. The van der Waals surface area contributed by atoms with Gasteiger partial charge in [-0.25, -0.2) is 0 Å². The fraction of sp³-hybridized carbons (Fsp3) is 0.250. The van der Waals surface area contributed by atoms with Crippen LogP contribution in [0.15, 0.2) is 54.6 Å². The summed E-state index contributed by atoms with van der Waals surface area (Å²) >= 11 is 0. The Kier molecular flexibility index (Phi) is 7.53. The van der Waals surface area contributed by atoms with Crippen molar-refractivity contribution in [3.8, 4) is 5.75 Å². The van der Waals surface area contributed by atoms with Crippen LogP contribution in [0.25, 0.3) is 0 Å². The topological polar surface area (TPSA) is 9.23 Å². The van der Waals surface area contributed by atoms with Crippen LogP contribution in [0, 0.1) is 13.8 Å². The average molecular weight is 230 g/mol. The van der Waals surface area contributed by atoms with Crippen LogP contribution in [0.2, 0.25) is 0 Å². The second-order valence-electron chi connectivity index (χ2n) is 3.62. The van der Waals surface area contributed by atoms with Gasteiger partial charge in [0.2, 0.25) is 0 Å². The Bertz CT molecular complexity index is 407. The van der Waals surface area contributed by atoms with E-state index < -0.39 is 0 Å². The molecule has 2 aromatic carbocycles. The molecule has 0 saturated heterocycles. The third-order valence-corrected chi connectivity index (χ3v) is 2.25. The van der Waals surface area contributed by atoms with Crippen LogP contribution in [0.3, 0.4) is 0 Å². The van der Waals surface area contributed by atoms with Gasteiger partial charge in [0.25, 0.3) is 0 Å². The lowest BCUT2D eigenvalue weighted by Gasteiger charge is -2.00. The van der Waals surface area contributed by atoms with Gasteiger partial charge in [0, 0.05) is 0 Å². The molecule has 0 spiro atoms. The molecule has 1 heteroatoms. The number of hydrogen-bond acceptors (Lipinski definition) is 1. The summed E-state index contributed by atoms with van der Waals surface area (Å²) in [6.45, 7) is 4.11. The number of hydrogen-bond donors (Lipinski definition) is 0. The number of rotatable bonds is 1. The molecule has 0 bridgehead atoms. The lowest BCUT2D eigenvalue weighted by Crippen LogP contribution is -1.84. The minimum absolute atomic E-state index is 0. The van der Waals surface area contributed by atoms with E-state index in [0.717, 1.165) is 5.75 Å². The van der Waals surface area contributed by atoms with Gasteiger partial charge in [-0.1, -0.05) is 61.5 Å². The third kappa shape index (κ3) is 5.76. The molecule has 17 heavy (non-hydrogen) atoms. The van der Waals surface area contributed by atoms with Crippen molar-refractivity contribution in [1.82, 2.24) is 0 Å². The highest BCUT2D eigenvalue weighted by atomic mass is 16.5. The fourth-order valence-electron chi connectivity index (χ4n) is 1.32. The average Bonchev–Trinajstić information content (AvgIpc) is 2.31. The van der Waals surface area contributed by atoms with Crippen molar-refractivity contribution < 1.29 is 4.74 Å². The molecule has 1 nitrogen and oxygen atoms in total. The van der Waals surface area contributed by atoms with E-state index in [2.05, 4.69) is 19.1 Å². The van der Waals surface area contributed by atoms with Crippen molar-refractivity contribution in [2.75, 3.05) is 7.11 Å². The molecule has 0 heterocycles. The van der Waals surface area contributed by atoms with E-state index in [0.29, 0.717) is 0 Å². The maximum atomic E-state index is 5.04. The maximum Gasteiger partial charge on any atom is 0.121 e. The first-order valence-electron chi connectivity index (χ1n) is 5.35. The molecule has 0 aliphatic rings. The Morgan fingerprint density at radius 3 is 1.65 bits per heavy atom. The summed E-state index contributed by atoms with van der Waals surface area (Å²) in [5.74, 6) is 0.956. The first-order valence-corrected chi connectivity index (χ1v) is 5.35. The van der Waals surface area contributed by atoms with Crippen LogP contribution in [0.4, 0.5) is 0 Å². The highest BCUT2D eigenvalue weighted by Crippen LogP contribution is 2.14. The van der Waals surface area contributed by atoms with E-state index >= 15 is 0 Å². The van der Waals surface area contributed by atoms with Gasteiger partial charge in [-0.15, -0.1) is 0 Å². The van der Waals surface area contributed by atoms with E-state index in [1.807, 2.05) is 49.4 Å². The second kappa shape index (κ2) is 8.40. The molecule has 92 valence electrons. The summed E-state index contributed by atoms with van der Waals surface area (Å²) in [4.78, 5) is 0. The molecular formula is C16H22O. The number of aryl methyl sites for hydroxylation is 2. The SMILES string of the molecule is C.COc1ccccc1C.Cc1ccccc1. The smallest absolute Gasteiger partial charge is 0.121 e. The van der Waals surface area contributed by atoms with E-state index in [1.54, 1.807) is 7.11 Å². The predicted octanol–water partition coefficient (Wildman–Crippen LogP) is 4.63. The van der Waals surface area contributed by atoms with Crippen LogP contribution >= 0.6 is 0 Å². The van der Waals surface area contributed by atoms with E-state index in [-0.39, 0.29) is 7.43 Å². The maximum absolute atomic E-state index is 5.04. The van der Waals surface area contributed by atoms with Crippen molar-refractivity contribution in [3.05, 3.63) is 65.7 Å².